The first-order chi connectivity index (χ1) is 7.86. The molecular formula is C11H11F3O2S. The van der Waals surface area contributed by atoms with Gasteiger partial charge in [-0.1, -0.05) is 12.1 Å². The van der Waals surface area contributed by atoms with E-state index in [-0.39, 0.29) is 0 Å². The molecular weight excluding hydrogens is 253 g/mol. The Hall–Kier alpha value is -1.17. The van der Waals surface area contributed by atoms with Crippen molar-refractivity contribution in [3.63, 3.8) is 0 Å². The molecule has 0 aromatic heterocycles. The summed E-state index contributed by atoms with van der Waals surface area (Å²) >= 11 is 1.34. The smallest absolute Gasteiger partial charge is 0.416 e. The first-order valence-corrected chi connectivity index (χ1v) is 6.14. The maximum atomic E-state index is 12.3. The molecule has 0 aliphatic heterocycles. The van der Waals surface area contributed by atoms with Crippen LogP contribution in [-0.2, 0) is 11.0 Å². The number of benzene rings is 1. The summed E-state index contributed by atoms with van der Waals surface area (Å²) in [6.07, 6.45) is -2.64. The summed E-state index contributed by atoms with van der Waals surface area (Å²) in [7, 11) is 0. The van der Waals surface area contributed by atoms with Gasteiger partial charge in [0.25, 0.3) is 0 Å². The van der Waals surface area contributed by atoms with E-state index in [1.165, 1.54) is 23.9 Å². The maximum absolute atomic E-state index is 12.3. The fourth-order valence-corrected chi connectivity index (χ4v) is 2.05. The molecule has 0 aliphatic carbocycles. The number of aliphatic carboxylic acids is 1. The molecule has 0 aliphatic rings. The van der Waals surface area contributed by atoms with Crippen LogP contribution in [0.2, 0.25) is 0 Å². The fourth-order valence-electron chi connectivity index (χ4n) is 1.38. The van der Waals surface area contributed by atoms with Crippen LogP contribution in [0.4, 0.5) is 13.2 Å². The van der Waals surface area contributed by atoms with Crippen molar-refractivity contribution in [2.24, 2.45) is 0 Å². The average molecular weight is 264 g/mol. The molecule has 94 valence electrons. The van der Waals surface area contributed by atoms with Crippen LogP contribution in [0.1, 0.15) is 17.0 Å². The van der Waals surface area contributed by atoms with Crippen LogP contribution in [0.5, 0.6) is 0 Å². The molecule has 6 heteroatoms. The van der Waals surface area contributed by atoms with Gasteiger partial charge in [0.2, 0.25) is 0 Å². The third kappa shape index (κ3) is 3.66. The second-order valence-electron chi connectivity index (χ2n) is 3.47. The highest BCUT2D eigenvalue weighted by Gasteiger charge is 2.30. The van der Waals surface area contributed by atoms with E-state index in [0.29, 0.717) is 11.3 Å². The molecule has 0 saturated carbocycles. The Morgan fingerprint density at radius 1 is 1.35 bits per heavy atom. The van der Waals surface area contributed by atoms with Crippen LogP contribution in [0.3, 0.4) is 0 Å². The Morgan fingerprint density at radius 2 is 1.88 bits per heavy atom. The number of hydrogen-bond donors (Lipinski definition) is 1. The predicted molar refractivity (Wildman–Crippen MR) is 60.2 cm³/mol. The van der Waals surface area contributed by atoms with Crippen molar-refractivity contribution in [3.8, 4) is 0 Å². The SMILES string of the molecule is CSCC(C(=O)O)c1ccc(C(F)(F)F)cc1. The number of carbonyl (C=O) groups is 1. The third-order valence-corrected chi connectivity index (χ3v) is 2.94. The standard InChI is InChI=1S/C11H11F3O2S/c1-17-6-9(10(15)16)7-2-4-8(5-3-7)11(12,13)14/h2-5,9H,6H2,1H3,(H,15,16). The van der Waals surface area contributed by atoms with E-state index in [9.17, 15) is 18.0 Å². The Kier molecular flexibility index (Phi) is 4.45. The van der Waals surface area contributed by atoms with Crippen LogP contribution in [-0.4, -0.2) is 23.1 Å². The van der Waals surface area contributed by atoms with Gasteiger partial charge in [-0.25, -0.2) is 0 Å². The van der Waals surface area contributed by atoms with Crippen molar-refractivity contribution in [2.75, 3.05) is 12.0 Å². The van der Waals surface area contributed by atoms with Crippen molar-refractivity contribution in [2.45, 2.75) is 12.1 Å². The van der Waals surface area contributed by atoms with Crippen molar-refractivity contribution in [3.05, 3.63) is 35.4 Å². The minimum atomic E-state index is -4.39. The maximum Gasteiger partial charge on any atom is 0.416 e. The van der Waals surface area contributed by atoms with E-state index in [2.05, 4.69) is 0 Å². The van der Waals surface area contributed by atoms with Gasteiger partial charge in [-0.15, -0.1) is 0 Å². The highest BCUT2D eigenvalue weighted by atomic mass is 32.2. The minimum absolute atomic E-state index is 0.334. The van der Waals surface area contributed by atoms with Gasteiger partial charge >= 0.3 is 12.1 Å². The van der Waals surface area contributed by atoms with Crippen molar-refractivity contribution >= 4 is 17.7 Å². The molecule has 1 rings (SSSR count). The van der Waals surface area contributed by atoms with Crippen LogP contribution >= 0.6 is 11.8 Å². The van der Waals surface area contributed by atoms with Gasteiger partial charge < -0.3 is 5.11 Å². The molecule has 0 bridgehead atoms. The molecule has 1 unspecified atom stereocenters. The number of carboxylic acids is 1. The van der Waals surface area contributed by atoms with E-state index in [4.69, 9.17) is 5.11 Å². The number of halogens is 3. The fraction of sp³-hybridized carbons (Fsp3) is 0.364. The lowest BCUT2D eigenvalue weighted by Crippen LogP contribution is -2.14. The number of carboxylic acid groups (broad SMARTS) is 1. The monoisotopic (exact) mass is 264 g/mol. The van der Waals surface area contributed by atoms with Gasteiger partial charge in [-0.3, -0.25) is 4.79 Å². The zero-order chi connectivity index (χ0) is 13.1. The summed E-state index contributed by atoms with van der Waals surface area (Å²) in [5.41, 5.74) is -0.380. The van der Waals surface area contributed by atoms with E-state index >= 15 is 0 Å². The van der Waals surface area contributed by atoms with Crippen LogP contribution in [0.15, 0.2) is 24.3 Å². The Labute approximate surface area is 101 Å². The van der Waals surface area contributed by atoms with Crippen LogP contribution < -0.4 is 0 Å². The second kappa shape index (κ2) is 5.44. The molecule has 0 radical (unpaired) electrons. The summed E-state index contributed by atoms with van der Waals surface area (Å²) in [4.78, 5) is 10.9. The number of hydrogen-bond acceptors (Lipinski definition) is 2. The summed E-state index contributed by atoms with van der Waals surface area (Å²) in [5, 5.41) is 8.95. The molecule has 1 N–H and O–H groups in total. The normalized spacial score (nSPS) is 13.4. The summed E-state index contributed by atoms with van der Waals surface area (Å²) in [5.74, 6) is -1.47. The van der Waals surface area contributed by atoms with Crippen LogP contribution in [0.25, 0.3) is 0 Å². The van der Waals surface area contributed by atoms with Gasteiger partial charge in [0.1, 0.15) is 0 Å². The summed E-state index contributed by atoms with van der Waals surface area (Å²) in [6, 6.07) is 4.26. The van der Waals surface area contributed by atoms with Gasteiger partial charge in [-0.05, 0) is 24.0 Å². The lowest BCUT2D eigenvalue weighted by atomic mass is 10.00. The Balaban J connectivity index is 2.96. The lowest BCUT2D eigenvalue weighted by molar-refractivity contribution is -0.138. The zero-order valence-electron chi connectivity index (χ0n) is 8.99. The molecule has 0 fully saturated rings. The summed E-state index contributed by atoms with van der Waals surface area (Å²) < 4.78 is 36.9. The molecule has 0 heterocycles. The van der Waals surface area contributed by atoms with Gasteiger partial charge in [0.05, 0.1) is 11.5 Å². The largest absolute Gasteiger partial charge is 0.481 e. The van der Waals surface area contributed by atoms with Crippen molar-refractivity contribution < 1.29 is 23.1 Å². The molecule has 1 atom stereocenters. The molecule has 1 aromatic carbocycles. The molecule has 0 spiro atoms. The van der Waals surface area contributed by atoms with Crippen LogP contribution in [0, 0.1) is 0 Å². The first kappa shape index (κ1) is 13.9. The third-order valence-electron chi connectivity index (χ3n) is 2.27. The lowest BCUT2D eigenvalue weighted by Gasteiger charge is -2.12. The average Bonchev–Trinajstić information content (AvgIpc) is 2.24. The molecule has 0 amide bonds. The number of rotatable bonds is 4. The summed E-state index contributed by atoms with van der Waals surface area (Å²) in [6.45, 7) is 0. The first-order valence-electron chi connectivity index (χ1n) is 4.75. The van der Waals surface area contributed by atoms with Crippen molar-refractivity contribution in [1.82, 2.24) is 0 Å². The second-order valence-corrected chi connectivity index (χ2v) is 4.38. The quantitative estimate of drug-likeness (QED) is 0.907. The predicted octanol–water partition coefficient (Wildman–Crippen LogP) is 3.24. The van der Waals surface area contributed by atoms with Crippen molar-refractivity contribution in [1.29, 1.82) is 0 Å². The van der Waals surface area contributed by atoms with Gasteiger partial charge in [0, 0.05) is 5.75 Å². The zero-order valence-corrected chi connectivity index (χ0v) is 9.81. The number of thioether (sulfide) groups is 1. The van der Waals surface area contributed by atoms with Gasteiger partial charge in [0.15, 0.2) is 0 Å². The Bertz CT molecular complexity index is 387. The molecule has 1 aromatic rings. The van der Waals surface area contributed by atoms with Gasteiger partial charge in [-0.2, -0.15) is 24.9 Å². The minimum Gasteiger partial charge on any atom is -0.481 e. The van der Waals surface area contributed by atoms with E-state index in [0.717, 1.165) is 12.1 Å². The molecule has 17 heavy (non-hydrogen) atoms. The van der Waals surface area contributed by atoms with E-state index < -0.39 is 23.6 Å². The molecule has 2 nitrogen and oxygen atoms in total. The Morgan fingerprint density at radius 3 is 2.24 bits per heavy atom. The highest BCUT2D eigenvalue weighted by molar-refractivity contribution is 7.98. The molecule has 0 saturated heterocycles. The van der Waals surface area contributed by atoms with E-state index in [1.807, 2.05) is 0 Å². The van der Waals surface area contributed by atoms with E-state index in [1.54, 1.807) is 6.26 Å². The topological polar surface area (TPSA) is 37.3 Å². The highest BCUT2D eigenvalue weighted by Crippen LogP contribution is 2.30. The number of alkyl halides is 3.